The van der Waals surface area contributed by atoms with Crippen LogP contribution in [-0.4, -0.2) is 18.1 Å². The van der Waals surface area contributed by atoms with Crippen molar-refractivity contribution >= 4 is 16.6 Å². The largest absolute Gasteiger partial charge is 0.383 e. The standard InChI is InChI=1S/C15H21N3/c1-11(2)13(9-16)10-18-14-7-3-5-12-6-4-8-17-15(12)14/h3-8,11,13,18H,9-10,16H2,1-2H3. The molecule has 3 nitrogen and oxygen atoms in total. The number of aromatic nitrogens is 1. The summed E-state index contributed by atoms with van der Waals surface area (Å²) in [5.41, 5.74) is 7.91. The molecule has 1 atom stereocenters. The second kappa shape index (κ2) is 5.83. The molecule has 96 valence electrons. The van der Waals surface area contributed by atoms with E-state index >= 15 is 0 Å². The molecule has 0 amide bonds. The molecule has 0 aliphatic rings. The number of fused-ring (bicyclic) bond motifs is 1. The zero-order valence-electron chi connectivity index (χ0n) is 11.1. The van der Waals surface area contributed by atoms with Gasteiger partial charge in [-0.15, -0.1) is 0 Å². The van der Waals surface area contributed by atoms with Gasteiger partial charge >= 0.3 is 0 Å². The maximum Gasteiger partial charge on any atom is 0.0933 e. The van der Waals surface area contributed by atoms with Gasteiger partial charge in [0, 0.05) is 18.1 Å². The molecule has 0 saturated heterocycles. The minimum Gasteiger partial charge on any atom is -0.383 e. The Morgan fingerprint density at radius 2 is 2.00 bits per heavy atom. The molecule has 0 aliphatic heterocycles. The molecule has 1 heterocycles. The third kappa shape index (κ3) is 2.79. The summed E-state index contributed by atoms with van der Waals surface area (Å²) in [5.74, 6) is 1.08. The molecule has 1 aromatic heterocycles. The summed E-state index contributed by atoms with van der Waals surface area (Å²) in [7, 11) is 0. The molecule has 0 bridgehead atoms. The van der Waals surface area contributed by atoms with Gasteiger partial charge in [0.15, 0.2) is 0 Å². The Bertz CT molecular complexity index is 503. The van der Waals surface area contributed by atoms with Gasteiger partial charge in [-0.3, -0.25) is 4.98 Å². The molecule has 3 N–H and O–H groups in total. The highest BCUT2D eigenvalue weighted by Crippen LogP contribution is 2.21. The van der Waals surface area contributed by atoms with Crippen LogP contribution in [0.4, 0.5) is 5.69 Å². The lowest BCUT2D eigenvalue weighted by Crippen LogP contribution is -2.27. The predicted molar refractivity (Wildman–Crippen MR) is 77.6 cm³/mol. The topological polar surface area (TPSA) is 50.9 Å². The third-order valence-corrected chi connectivity index (χ3v) is 3.43. The second-order valence-electron chi connectivity index (χ2n) is 5.00. The summed E-state index contributed by atoms with van der Waals surface area (Å²) in [6, 6.07) is 10.2. The van der Waals surface area contributed by atoms with Gasteiger partial charge in [0.2, 0.25) is 0 Å². The summed E-state index contributed by atoms with van der Waals surface area (Å²) < 4.78 is 0. The van der Waals surface area contributed by atoms with E-state index in [9.17, 15) is 0 Å². The van der Waals surface area contributed by atoms with Crippen molar-refractivity contribution in [3.8, 4) is 0 Å². The van der Waals surface area contributed by atoms with Gasteiger partial charge in [-0.05, 0) is 30.5 Å². The van der Waals surface area contributed by atoms with E-state index in [1.54, 1.807) is 0 Å². The van der Waals surface area contributed by atoms with E-state index < -0.39 is 0 Å². The molecule has 18 heavy (non-hydrogen) atoms. The normalized spacial score (nSPS) is 12.9. The molecule has 0 spiro atoms. The van der Waals surface area contributed by atoms with Crippen molar-refractivity contribution in [3.05, 3.63) is 36.5 Å². The number of hydrogen-bond acceptors (Lipinski definition) is 3. The van der Waals surface area contributed by atoms with E-state index in [4.69, 9.17) is 5.73 Å². The predicted octanol–water partition coefficient (Wildman–Crippen LogP) is 2.88. The smallest absolute Gasteiger partial charge is 0.0933 e. The Kier molecular flexibility index (Phi) is 4.15. The minimum absolute atomic E-state index is 0.490. The van der Waals surface area contributed by atoms with Crippen molar-refractivity contribution in [1.82, 2.24) is 4.98 Å². The van der Waals surface area contributed by atoms with Crippen molar-refractivity contribution in [2.24, 2.45) is 17.6 Å². The van der Waals surface area contributed by atoms with Crippen LogP contribution in [0.5, 0.6) is 0 Å². The first-order valence-corrected chi connectivity index (χ1v) is 6.50. The van der Waals surface area contributed by atoms with Crippen LogP contribution in [0.25, 0.3) is 10.9 Å². The van der Waals surface area contributed by atoms with Crippen molar-refractivity contribution in [2.75, 3.05) is 18.4 Å². The second-order valence-corrected chi connectivity index (χ2v) is 5.00. The first-order chi connectivity index (χ1) is 8.72. The van der Waals surface area contributed by atoms with Crippen LogP contribution in [0.15, 0.2) is 36.5 Å². The lowest BCUT2D eigenvalue weighted by Gasteiger charge is -2.20. The summed E-state index contributed by atoms with van der Waals surface area (Å²) >= 11 is 0. The molecular weight excluding hydrogens is 222 g/mol. The first-order valence-electron chi connectivity index (χ1n) is 6.50. The molecule has 1 aromatic carbocycles. The Morgan fingerprint density at radius 1 is 1.22 bits per heavy atom. The molecule has 0 saturated carbocycles. The molecule has 0 fully saturated rings. The fourth-order valence-corrected chi connectivity index (χ4v) is 2.08. The lowest BCUT2D eigenvalue weighted by atomic mass is 9.96. The van der Waals surface area contributed by atoms with Crippen molar-refractivity contribution in [2.45, 2.75) is 13.8 Å². The number of nitrogens with two attached hydrogens (primary N) is 1. The molecule has 2 rings (SSSR count). The third-order valence-electron chi connectivity index (χ3n) is 3.43. The number of nitrogens with zero attached hydrogens (tertiary/aromatic N) is 1. The van der Waals surface area contributed by atoms with Crippen LogP contribution in [0.1, 0.15) is 13.8 Å². The number of pyridine rings is 1. The van der Waals surface area contributed by atoms with Gasteiger partial charge in [-0.25, -0.2) is 0 Å². The zero-order chi connectivity index (χ0) is 13.0. The van der Waals surface area contributed by atoms with Crippen LogP contribution < -0.4 is 11.1 Å². The highest BCUT2D eigenvalue weighted by Gasteiger charge is 2.11. The van der Waals surface area contributed by atoms with Crippen LogP contribution in [-0.2, 0) is 0 Å². The minimum atomic E-state index is 0.490. The average molecular weight is 243 g/mol. The highest BCUT2D eigenvalue weighted by atomic mass is 14.9. The van der Waals surface area contributed by atoms with E-state index in [1.807, 2.05) is 12.3 Å². The fraction of sp³-hybridized carbons (Fsp3) is 0.400. The Morgan fingerprint density at radius 3 is 2.72 bits per heavy atom. The molecule has 3 heteroatoms. The van der Waals surface area contributed by atoms with Gasteiger partial charge in [0.25, 0.3) is 0 Å². The molecule has 0 aliphatic carbocycles. The van der Waals surface area contributed by atoms with Gasteiger partial charge in [-0.2, -0.15) is 0 Å². The molecule has 0 radical (unpaired) electrons. The monoisotopic (exact) mass is 243 g/mol. The van der Waals surface area contributed by atoms with Crippen LogP contribution >= 0.6 is 0 Å². The SMILES string of the molecule is CC(C)C(CN)CNc1cccc2cccnc12. The first kappa shape index (κ1) is 12.8. The van der Waals surface area contributed by atoms with Crippen LogP contribution in [0.2, 0.25) is 0 Å². The molecule has 1 unspecified atom stereocenters. The number of para-hydroxylation sites is 1. The zero-order valence-corrected chi connectivity index (χ0v) is 11.1. The lowest BCUT2D eigenvalue weighted by molar-refractivity contribution is 0.413. The molecular formula is C15H21N3. The van der Waals surface area contributed by atoms with E-state index in [1.165, 1.54) is 0 Å². The van der Waals surface area contributed by atoms with E-state index in [-0.39, 0.29) is 0 Å². The van der Waals surface area contributed by atoms with Crippen molar-refractivity contribution in [1.29, 1.82) is 0 Å². The number of nitrogens with one attached hydrogen (secondary N) is 1. The van der Waals surface area contributed by atoms with E-state index in [0.29, 0.717) is 18.4 Å². The number of benzene rings is 1. The Labute approximate surface area is 108 Å². The summed E-state index contributed by atoms with van der Waals surface area (Å²) in [5, 5.41) is 4.64. The number of anilines is 1. The summed E-state index contributed by atoms with van der Waals surface area (Å²) in [6.45, 7) is 6.02. The Balaban J connectivity index is 2.17. The Hall–Kier alpha value is -1.61. The van der Waals surface area contributed by atoms with E-state index in [0.717, 1.165) is 23.1 Å². The fourth-order valence-electron chi connectivity index (χ4n) is 2.08. The van der Waals surface area contributed by atoms with Crippen LogP contribution in [0.3, 0.4) is 0 Å². The van der Waals surface area contributed by atoms with E-state index in [2.05, 4.69) is 48.4 Å². The summed E-state index contributed by atoms with van der Waals surface area (Å²) in [4.78, 5) is 4.44. The maximum atomic E-state index is 5.79. The number of hydrogen-bond donors (Lipinski definition) is 2. The van der Waals surface area contributed by atoms with Crippen molar-refractivity contribution in [3.63, 3.8) is 0 Å². The summed E-state index contributed by atoms with van der Waals surface area (Å²) in [6.07, 6.45) is 1.83. The highest BCUT2D eigenvalue weighted by molar-refractivity contribution is 5.90. The van der Waals surface area contributed by atoms with Crippen LogP contribution in [0, 0.1) is 11.8 Å². The quantitative estimate of drug-likeness (QED) is 0.849. The van der Waals surface area contributed by atoms with Crippen molar-refractivity contribution < 1.29 is 0 Å². The van der Waals surface area contributed by atoms with Gasteiger partial charge in [-0.1, -0.05) is 32.0 Å². The number of rotatable bonds is 5. The maximum absolute atomic E-state index is 5.79. The molecule has 2 aromatic rings. The van der Waals surface area contributed by atoms with Gasteiger partial charge < -0.3 is 11.1 Å². The van der Waals surface area contributed by atoms with Gasteiger partial charge in [0.05, 0.1) is 11.2 Å². The van der Waals surface area contributed by atoms with Gasteiger partial charge in [0.1, 0.15) is 0 Å². The average Bonchev–Trinajstić information content (AvgIpc) is 2.39.